The Kier molecular flexibility index (Phi) is 6.39. The van der Waals surface area contributed by atoms with Gasteiger partial charge in [-0.2, -0.15) is 10.2 Å². The first-order valence-corrected chi connectivity index (χ1v) is 11.2. The van der Waals surface area contributed by atoms with E-state index >= 15 is 0 Å². The lowest BCUT2D eigenvalue weighted by atomic mass is 9.93. The Bertz CT molecular complexity index is 1090. The van der Waals surface area contributed by atoms with Crippen molar-refractivity contribution < 1.29 is 9.59 Å². The van der Waals surface area contributed by atoms with E-state index in [0.717, 1.165) is 36.5 Å². The number of amides is 2. The zero-order valence-corrected chi connectivity index (χ0v) is 18.9. The van der Waals surface area contributed by atoms with E-state index in [1.165, 1.54) is 0 Å². The largest absolute Gasteiger partial charge is 0.339 e. The Morgan fingerprint density at radius 2 is 1.78 bits per heavy atom. The van der Waals surface area contributed by atoms with Gasteiger partial charge in [0, 0.05) is 49.6 Å². The number of hydrogen-bond donors (Lipinski definition) is 1. The number of aryl methyl sites for hydroxylation is 3. The Balaban J connectivity index is 1.28. The van der Waals surface area contributed by atoms with Crippen LogP contribution in [-0.4, -0.2) is 49.4 Å². The van der Waals surface area contributed by atoms with Crippen LogP contribution in [0.3, 0.4) is 0 Å². The molecule has 1 aliphatic heterocycles. The lowest BCUT2D eigenvalue weighted by Gasteiger charge is -2.31. The summed E-state index contributed by atoms with van der Waals surface area (Å²) in [6.45, 7) is 8.09. The number of hydrogen-bond acceptors (Lipinski definition) is 4. The van der Waals surface area contributed by atoms with Gasteiger partial charge in [-0.15, -0.1) is 0 Å². The van der Waals surface area contributed by atoms with Gasteiger partial charge in [0.15, 0.2) is 5.82 Å². The van der Waals surface area contributed by atoms with Gasteiger partial charge in [0.25, 0.3) is 5.91 Å². The van der Waals surface area contributed by atoms with Crippen LogP contribution < -0.4 is 5.32 Å². The van der Waals surface area contributed by atoms with E-state index in [0.29, 0.717) is 30.9 Å². The lowest BCUT2D eigenvalue weighted by molar-refractivity contribution is -0.117. The second-order valence-corrected chi connectivity index (χ2v) is 8.43. The third-order valence-corrected chi connectivity index (χ3v) is 5.98. The Morgan fingerprint density at radius 3 is 2.38 bits per heavy atom. The van der Waals surface area contributed by atoms with Crippen LogP contribution in [-0.2, 0) is 11.3 Å². The smallest absolute Gasteiger partial charge is 0.253 e. The van der Waals surface area contributed by atoms with Crippen LogP contribution in [0.1, 0.15) is 47.9 Å². The van der Waals surface area contributed by atoms with Gasteiger partial charge in [-0.25, -0.2) is 4.68 Å². The molecule has 8 heteroatoms. The highest BCUT2D eigenvalue weighted by atomic mass is 16.2. The standard InChI is InChI=1S/C24H30N6O2/c1-4-29-14-11-22(27-29)25-23(31)16-19-9-12-28(13-10-19)24(32)20-5-7-21(8-6-20)30-18(3)15-17(2)26-30/h5-8,11,14-15,19H,4,9-10,12-13,16H2,1-3H3,(H,25,27,31). The molecule has 2 aromatic heterocycles. The Hall–Kier alpha value is -3.42. The normalized spacial score (nSPS) is 14.5. The highest BCUT2D eigenvalue weighted by Gasteiger charge is 2.25. The molecule has 1 aromatic carbocycles. The molecule has 0 bridgehead atoms. The van der Waals surface area contributed by atoms with Crippen molar-refractivity contribution in [2.45, 2.75) is 46.6 Å². The SMILES string of the molecule is CCn1ccc(NC(=O)CC2CCN(C(=O)c3ccc(-n4nc(C)cc4C)cc3)CC2)n1. The molecule has 0 unspecified atom stereocenters. The molecule has 8 nitrogen and oxygen atoms in total. The van der Waals surface area contributed by atoms with Gasteiger partial charge in [0.1, 0.15) is 0 Å². The van der Waals surface area contributed by atoms with E-state index in [9.17, 15) is 9.59 Å². The van der Waals surface area contributed by atoms with Gasteiger partial charge in [-0.3, -0.25) is 14.3 Å². The van der Waals surface area contributed by atoms with Gasteiger partial charge in [-0.1, -0.05) is 0 Å². The number of nitrogens with one attached hydrogen (secondary N) is 1. The van der Waals surface area contributed by atoms with E-state index < -0.39 is 0 Å². The van der Waals surface area contributed by atoms with Crippen LogP contribution in [0.5, 0.6) is 0 Å². The van der Waals surface area contributed by atoms with Crippen molar-refractivity contribution in [2.24, 2.45) is 5.92 Å². The van der Waals surface area contributed by atoms with Crippen LogP contribution in [0, 0.1) is 19.8 Å². The molecule has 0 atom stereocenters. The second-order valence-electron chi connectivity index (χ2n) is 8.43. The minimum Gasteiger partial charge on any atom is -0.339 e. The molecule has 4 rings (SSSR count). The number of rotatable bonds is 6. The molecule has 3 heterocycles. The molecule has 0 spiro atoms. The van der Waals surface area contributed by atoms with Gasteiger partial charge in [-0.05, 0) is 69.9 Å². The first-order chi connectivity index (χ1) is 15.4. The fraction of sp³-hybridized carbons (Fsp3) is 0.417. The average molecular weight is 435 g/mol. The quantitative estimate of drug-likeness (QED) is 0.643. The van der Waals surface area contributed by atoms with Crippen molar-refractivity contribution in [2.75, 3.05) is 18.4 Å². The fourth-order valence-electron chi connectivity index (χ4n) is 4.22. The first kappa shape index (κ1) is 21.8. The molecule has 1 fully saturated rings. The van der Waals surface area contributed by atoms with Crippen LogP contribution in [0.25, 0.3) is 5.69 Å². The van der Waals surface area contributed by atoms with Crippen molar-refractivity contribution in [1.82, 2.24) is 24.5 Å². The van der Waals surface area contributed by atoms with Gasteiger partial charge >= 0.3 is 0 Å². The average Bonchev–Trinajstić information content (AvgIpc) is 3.39. The summed E-state index contributed by atoms with van der Waals surface area (Å²) in [5.74, 6) is 0.892. The highest BCUT2D eigenvalue weighted by molar-refractivity contribution is 5.94. The van der Waals surface area contributed by atoms with Crippen LogP contribution in [0.15, 0.2) is 42.6 Å². The van der Waals surface area contributed by atoms with Crippen molar-refractivity contribution in [1.29, 1.82) is 0 Å². The predicted octanol–water partition coefficient (Wildman–Crippen LogP) is 3.59. The van der Waals surface area contributed by atoms with Crippen LogP contribution >= 0.6 is 0 Å². The minimum atomic E-state index is -0.0177. The second kappa shape index (κ2) is 9.38. The highest BCUT2D eigenvalue weighted by Crippen LogP contribution is 2.23. The van der Waals surface area contributed by atoms with Gasteiger partial charge in [0.05, 0.1) is 11.4 Å². The number of carbonyl (C=O) groups is 2. The van der Waals surface area contributed by atoms with Crippen molar-refractivity contribution in [3.8, 4) is 5.69 Å². The molecule has 32 heavy (non-hydrogen) atoms. The molecule has 2 amide bonds. The first-order valence-electron chi connectivity index (χ1n) is 11.2. The maximum absolute atomic E-state index is 12.9. The van der Waals surface area contributed by atoms with Crippen LogP contribution in [0.4, 0.5) is 5.82 Å². The topological polar surface area (TPSA) is 85.0 Å². The number of piperidine rings is 1. The van der Waals surface area contributed by atoms with E-state index in [2.05, 4.69) is 15.5 Å². The van der Waals surface area contributed by atoms with Gasteiger partial charge in [0.2, 0.25) is 5.91 Å². The number of nitrogens with zero attached hydrogens (tertiary/aromatic N) is 5. The maximum Gasteiger partial charge on any atom is 0.253 e. The summed E-state index contributed by atoms with van der Waals surface area (Å²) >= 11 is 0. The van der Waals surface area contributed by atoms with Crippen LogP contribution in [0.2, 0.25) is 0 Å². The summed E-state index contributed by atoms with van der Waals surface area (Å²) in [5.41, 5.74) is 3.65. The van der Waals surface area contributed by atoms with E-state index in [1.807, 2.05) is 72.9 Å². The molecule has 1 saturated heterocycles. The van der Waals surface area contributed by atoms with Crippen molar-refractivity contribution >= 4 is 17.6 Å². The molecule has 168 valence electrons. The number of likely N-dealkylation sites (tertiary alicyclic amines) is 1. The summed E-state index contributed by atoms with van der Waals surface area (Å²) in [5, 5.41) is 11.6. The number of benzene rings is 1. The fourth-order valence-corrected chi connectivity index (χ4v) is 4.22. The number of anilines is 1. The third-order valence-electron chi connectivity index (χ3n) is 5.98. The minimum absolute atomic E-state index is 0.0177. The molecule has 0 radical (unpaired) electrons. The van der Waals surface area contributed by atoms with Crippen molar-refractivity contribution in [3.63, 3.8) is 0 Å². The van der Waals surface area contributed by atoms with E-state index in [1.54, 1.807) is 4.68 Å². The summed E-state index contributed by atoms with van der Waals surface area (Å²) in [7, 11) is 0. The van der Waals surface area contributed by atoms with Crippen molar-refractivity contribution in [3.05, 3.63) is 59.5 Å². The zero-order chi connectivity index (χ0) is 22.7. The molecular weight excluding hydrogens is 404 g/mol. The monoisotopic (exact) mass is 434 g/mol. The van der Waals surface area contributed by atoms with E-state index in [4.69, 9.17) is 0 Å². The zero-order valence-electron chi connectivity index (χ0n) is 18.9. The Morgan fingerprint density at radius 1 is 1.06 bits per heavy atom. The molecule has 1 N–H and O–H groups in total. The predicted molar refractivity (Wildman–Crippen MR) is 123 cm³/mol. The molecular formula is C24H30N6O2. The molecule has 1 aliphatic rings. The van der Waals surface area contributed by atoms with E-state index in [-0.39, 0.29) is 17.7 Å². The summed E-state index contributed by atoms with van der Waals surface area (Å²) in [4.78, 5) is 27.2. The summed E-state index contributed by atoms with van der Waals surface area (Å²) in [6.07, 6.45) is 3.96. The maximum atomic E-state index is 12.9. The number of carbonyl (C=O) groups excluding carboxylic acids is 2. The molecule has 0 aliphatic carbocycles. The molecule has 3 aromatic rings. The van der Waals surface area contributed by atoms with Gasteiger partial charge < -0.3 is 10.2 Å². The summed E-state index contributed by atoms with van der Waals surface area (Å²) < 4.78 is 3.66. The molecule has 0 saturated carbocycles. The summed E-state index contributed by atoms with van der Waals surface area (Å²) in [6, 6.07) is 11.4. The Labute approximate surface area is 188 Å². The lowest BCUT2D eigenvalue weighted by Crippen LogP contribution is -2.39. The number of aromatic nitrogens is 4. The third kappa shape index (κ3) is 4.90.